The molecule has 2 N–H and O–H groups in total. The maximum Gasteiger partial charge on any atom is 0.209 e. The first-order valence-corrected chi connectivity index (χ1v) is 2.95. The van der Waals surface area contributed by atoms with Crippen molar-refractivity contribution in [1.29, 1.82) is 0 Å². The third-order valence-corrected chi connectivity index (χ3v) is 1.18. The minimum Gasteiger partial charge on any atom is -0.356 e. The standard InChI is InChI=1S/C5H10N2O2.2ClH/c8-4-7-5-3-6-1-2-9-5;;/h4-6H,1-3H2,(H,7,8);2*1H. The Labute approximate surface area is 77.9 Å². The second-order valence-corrected chi connectivity index (χ2v) is 1.85. The number of hydrogen-bond donors (Lipinski definition) is 2. The lowest BCUT2D eigenvalue weighted by atomic mass is 10.4. The molecule has 0 bridgehead atoms. The third kappa shape index (κ3) is 5.26. The lowest BCUT2D eigenvalue weighted by Gasteiger charge is -2.22. The largest absolute Gasteiger partial charge is 0.356 e. The number of carbonyl (C=O) groups excluding carboxylic acids is 1. The Kier molecular flexibility index (Phi) is 9.94. The van der Waals surface area contributed by atoms with Crippen LogP contribution in [0.15, 0.2) is 0 Å². The number of carbonyl (C=O) groups is 1. The molecule has 0 aromatic heterocycles. The molecule has 1 amide bonds. The number of amides is 1. The van der Waals surface area contributed by atoms with Crippen LogP contribution in [0.4, 0.5) is 0 Å². The predicted octanol–water partition coefficient (Wildman–Crippen LogP) is -0.478. The summed E-state index contributed by atoms with van der Waals surface area (Å²) in [5.74, 6) is 0. The van der Waals surface area contributed by atoms with E-state index in [9.17, 15) is 4.79 Å². The number of rotatable bonds is 2. The van der Waals surface area contributed by atoms with Crippen LogP contribution in [0.1, 0.15) is 0 Å². The van der Waals surface area contributed by atoms with Gasteiger partial charge in [0.2, 0.25) is 6.41 Å². The van der Waals surface area contributed by atoms with Crippen LogP contribution < -0.4 is 10.6 Å². The Morgan fingerprint density at radius 1 is 1.55 bits per heavy atom. The van der Waals surface area contributed by atoms with Gasteiger partial charge in [0.15, 0.2) is 0 Å². The molecule has 0 aliphatic carbocycles. The van der Waals surface area contributed by atoms with Crippen molar-refractivity contribution in [2.45, 2.75) is 6.23 Å². The third-order valence-electron chi connectivity index (χ3n) is 1.18. The van der Waals surface area contributed by atoms with Crippen molar-refractivity contribution in [2.75, 3.05) is 19.7 Å². The molecule has 0 aromatic carbocycles. The molecule has 1 unspecified atom stereocenters. The Bertz CT molecular complexity index is 98.5. The Morgan fingerprint density at radius 2 is 2.27 bits per heavy atom. The van der Waals surface area contributed by atoms with E-state index in [4.69, 9.17) is 4.74 Å². The van der Waals surface area contributed by atoms with E-state index in [1.165, 1.54) is 0 Å². The van der Waals surface area contributed by atoms with Crippen LogP contribution in [0.25, 0.3) is 0 Å². The number of hydrogen-bond acceptors (Lipinski definition) is 3. The van der Waals surface area contributed by atoms with Gasteiger partial charge in [-0.2, -0.15) is 0 Å². The van der Waals surface area contributed by atoms with Gasteiger partial charge in [0.25, 0.3) is 0 Å². The molecule has 0 radical (unpaired) electrons. The highest BCUT2D eigenvalue weighted by Crippen LogP contribution is 1.88. The first-order valence-electron chi connectivity index (χ1n) is 2.95. The van der Waals surface area contributed by atoms with Gasteiger partial charge in [0.1, 0.15) is 6.23 Å². The molecule has 0 spiro atoms. The molecule has 6 heteroatoms. The van der Waals surface area contributed by atoms with E-state index in [0.29, 0.717) is 19.6 Å². The Morgan fingerprint density at radius 3 is 2.73 bits per heavy atom. The highest BCUT2D eigenvalue weighted by atomic mass is 35.5. The van der Waals surface area contributed by atoms with Gasteiger partial charge >= 0.3 is 0 Å². The van der Waals surface area contributed by atoms with Gasteiger partial charge in [-0.15, -0.1) is 24.8 Å². The highest BCUT2D eigenvalue weighted by molar-refractivity contribution is 5.85. The SMILES string of the molecule is Cl.Cl.O=CNC1CNCCO1. The molecular weight excluding hydrogens is 191 g/mol. The molecule has 1 saturated heterocycles. The summed E-state index contributed by atoms with van der Waals surface area (Å²) in [6.45, 7) is 2.25. The average Bonchev–Trinajstić information content (AvgIpc) is 1.91. The summed E-state index contributed by atoms with van der Waals surface area (Å²) < 4.78 is 5.11. The molecule has 1 atom stereocenters. The highest BCUT2D eigenvalue weighted by Gasteiger charge is 2.09. The van der Waals surface area contributed by atoms with Gasteiger partial charge in [-0.1, -0.05) is 0 Å². The van der Waals surface area contributed by atoms with E-state index in [1.54, 1.807) is 0 Å². The van der Waals surface area contributed by atoms with E-state index >= 15 is 0 Å². The molecule has 1 aliphatic rings. The van der Waals surface area contributed by atoms with Crippen LogP contribution in [-0.4, -0.2) is 32.3 Å². The molecule has 68 valence electrons. The summed E-state index contributed by atoms with van der Waals surface area (Å²) in [5.41, 5.74) is 0. The average molecular weight is 203 g/mol. The molecular formula is C5H12Cl2N2O2. The molecule has 4 nitrogen and oxygen atoms in total. The van der Waals surface area contributed by atoms with Crippen LogP contribution in [0.5, 0.6) is 0 Å². The van der Waals surface area contributed by atoms with Gasteiger partial charge in [0, 0.05) is 13.1 Å². The van der Waals surface area contributed by atoms with Gasteiger partial charge < -0.3 is 15.4 Å². The normalized spacial score (nSPS) is 22.4. The monoisotopic (exact) mass is 202 g/mol. The van der Waals surface area contributed by atoms with Crippen LogP contribution in [0.3, 0.4) is 0 Å². The van der Waals surface area contributed by atoms with Gasteiger partial charge in [0.05, 0.1) is 6.61 Å². The number of halogens is 2. The topological polar surface area (TPSA) is 50.4 Å². The summed E-state index contributed by atoms with van der Waals surface area (Å²) >= 11 is 0. The van der Waals surface area contributed by atoms with Crippen molar-refractivity contribution in [1.82, 2.24) is 10.6 Å². The number of morpholine rings is 1. The van der Waals surface area contributed by atoms with E-state index in [1.807, 2.05) is 0 Å². The second-order valence-electron chi connectivity index (χ2n) is 1.85. The summed E-state index contributed by atoms with van der Waals surface area (Å²) in [5, 5.41) is 5.59. The van der Waals surface area contributed by atoms with Crippen LogP contribution in [0, 0.1) is 0 Å². The number of ether oxygens (including phenoxy) is 1. The van der Waals surface area contributed by atoms with Crippen molar-refractivity contribution < 1.29 is 9.53 Å². The van der Waals surface area contributed by atoms with E-state index < -0.39 is 0 Å². The van der Waals surface area contributed by atoms with Gasteiger partial charge in [-0.05, 0) is 0 Å². The molecule has 1 fully saturated rings. The zero-order valence-electron chi connectivity index (χ0n) is 5.91. The second kappa shape index (κ2) is 8.07. The summed E-state index contributed by atoms with van der Waals surface area (Å²) in [6, 6.07) is 0. The minimum absolute atomic E-state index is 0. The Hall–Kier alpha value is -0.0300. The quantitative estimate of drug-likeness (QED) is 0.596. The molecule has 0 saturated carbocycles. The van der Waals surface area contributed by atoms with Crippen molar-refractivity contribution in [2.24, 2.45) is 0 Å². The van der Waals surface area contributed by atoms with E-state index in [0.717, 1.165) is 6.54 Å². The lowest BCUT2D eigenvalue weighted by Crippen LogP contribution is -2.46. The van der Waals surface area contributed by atoms with Gasteiger partial charge in [-0.25, -0.2) is 0 Å². The van der Waals surface area contributed by atoms with Crippen molar-refractivity contribution >= 4 is 31.2 Å². The summed E-state index contributed by atoms with van der Waals surface area (Å²) in [4.78, 5) is 9.85. The maximum atomic E-state index is 9.85. The zero-order chi connectivity index (χ0) is 6.53. The van der Waals surface area contributed by atoms with Crippen LogP contribution >= 0.6 is 24.8 Å². The van der Waals surface area contributed by atoms with Gasteiger partial charge in [-0.3, -0.25) is 4.79 Å². The van der Waals surface area contributed by atoms with E-state index in [2.05, 4.69) is 10.6 Å². The van der Waals surface area contributed by atoms with Crippen LogP contribution in [-0.2, 0) is 9.53 Å². The lowest BCUT2D eigenvalue weighted by molar-refractivity contribution is -0.114. The molecule has 11 heavy (non-hydrogen) atoms. The minimum atomic E-state index is -0.128. The van der Waals surface area contributed by atoms with Crippen molar-refractivity contribution in [3.05, 3.63) is 0 Å². The predicted molar refractivity (Wildman–Crippen MR) is 46.3 cm³/mol. The summed E-state index contributed by atoms with van der Waals surface area (Å²) in [7, 11) is 0. The van der Waals surface area contributed by atoms with Crippen molar-refractivity contribution in [3.8, 4) is 0 Å². The van der Waals surface area contributed by atoms with Crippen LogP contribution in [0.2, 0.25) is 0 Å². The molecule has 0 aromatic rings. The fourth-order valence-corrected chi connectivity index (χ4v) is 0.748. The fraction of sp³-hybridized carbons (Fsp3) is 0.800. The molecule has 1 aliphatic heterocycles. The first-order chi connectivity index (χ1) is 4.43. The van der Waals surface area contributed by atoms with E-state index in [-0.39, 0.29) is 31.0 Å². The van der Waals surface area contributed by atoms with Crippen molar-refractivity contribution in [3.63, 3.8) is 0 Å². The number of nitrogens with one attached hydrogen (secondary N) is 2. The smallest absolute Gasteiger partial charge is 0.209 e. The zero-order valence-corrected chi connectivity index (χ0v) is 7.54. The molecule has 1 rings (SSSR count). The summed E-state index contributed by atoms with van der Waals surface area (Å²) in [6.07, 6.45) is 0.522. The maximum absolute atomic E-state index is 9.85. The Balaban J connectivity index is 0. The fourth-order valence-electron chi connectivity index (χ4n) is 0.748. The first kappa shape index (κ1) is 13.6. The molecule has 1 heterocycles.